The van der Waals surface area contributed by atoms with Crippen molar-refractivity contribution in [1.29, 1.82) is 0 Å². The minimum Gasteiger partial charge on any atom is -0.393 e. The molecule has 0 radical (unpaired) electrons. The van der Waals surface area contributed by atoms with Crippen LogP contribution in [-0.4, -0.2) is 48.9 Å². The first-order chi connectivity index (χ1) is 8.74. The fourth-order valence-electron chi connectivity index (χ4n) is 3.52. The first kappa shape index (κ1) is 12.0. The van der Waals surface area contributed by atoms with E-state index < -0.39 is 0 Å². The van der Waals surface area contributed by atoms with Crippen LogP contribution in [0, 0.1) is 5.92 Å². The Kier molecular flexibility index (Phi) is 3.30. The van der Waals surface area contributed by atoms with Crippen LogP contribution in [0.3, 0.4) is 0 Å². The van der Waals surface area contributed by atoms with Crippen molar-refractivity contribution in [2.75, 3.05) is 6.54 Å². The molecule has 3 unspecified atom stereocenters. The van der Waals surface area contributed by atoms with Crippen LogP contribution in [0.5, 0.6) is 0 Å². The van der Waals surface area contributed by atoms with Gasteiger partial charge in [-0.3, -0.25) is 4.90 Å². The minimum atomic E-state index is -0.106. The Balaban J connectivity index is 1.67. The van der Waals surface area contributed by atoms with E-state index in [4.69, 9.17) is 0 Å². The Hall–Kier alpha value is -1.01. The number of likely N-dealkylation sites (tertiary alicyclic amines) is 1. The van der Waals surface area contributed by atoms with E-state index in [-0.39, 0.29) is 6.10 Å². The molecule has 0 spiro atoms. The van der Waals surface area contributed by atoms with Crippen LogP contribution >= 0.6 is 0 Å². The summed E-state index contributed by atoms with van der Waals surface area (Å²) in [7, 11) is 1.79. The highest BCUT2D eigenvalue weighted by molar-refractivity contribution is 4.93. The maximum atomic E-state index is 10.1. The van der Waals surface area contributed by atoms with Gasteiger partial charge in [-0.25, -0.2) is 0 Å². The van der Waals surface area contributed by atoms with Crippen molar-refractivity contribution in [3.8, 4) is 0 Å². The van der Waals surface area contributed by atoms with Gasteiger partial charge in [0.2, 0.25) is 0 Å². The number of aliphatic hydroxyl groups is 1. The Morgan fingerprint density at radius 3 is 2.83 bits per heavy atom. The van der Waals surface area contributed by atoms with Crippen molar-refractivity contribution < 1.29 is 5.11 Å². The third-order valence-electron chi connectivity index (χ3n) is 4.33. The second kappa shape index (κ2) is 4.93. The van der Waals surface area contributed by atoms with E-state index in [2.05, 4.69) is 20.3 Å². The average Bonchev–Trinajstić information content (AvgIpc) is 3.02. The van der Waals surface area contributed by atoms with Crippen molar-refractivity contribution in [1.82, 2.24) is 25.1 Å². The first-order valence-electron chi connectivity index (χ1n) is 6.89. The number of aromatic nitrogens is 4. The Morgan fingerprint density at radius 2 is 2.17 bits per heavy atom. The van der Waals surface area contributed by atoms with Crippen molar-refractivity contribution in [2.45, 2.75) is 50.8 Å². The van der Waals surface area contributed by atoms with Crippen molar-refractivity contribution in [3.63, 3.8) is 0 Å². The largest absolute Gasteiger partial charge is 0.393 e. The molecule has 1 saturated carbocycles. The fraction of sp³-hybridized carbons (Fsp3) is 0.917. The molecule has 2 fully saturated rings. The van der Waals surface area contributed by atoms with Crippen LogP contribution in [0.1, 0.15) is 37.9 Å². The highest BCUT2D eigenvalue weighted by Crippen LogP contribution is 2.36. The van der Waals surface area contributed by atoms with Crippen LogP contribution in [0.4, 0.5) is 0 Å². The lowest BCUT2D eigenvalue weighted by Crippen LogP contribution is -2.38. The molecule has 1 aliphatic heterocycles. The summed E-state index contributed by atoms with van der Waals surface area (Å²) in [6.45, 7) is 1.86. The van der Waals surface area contributed by atoms with Crippen LogP contribution in [-0.2, 0) is 13.6 Å². The second-order valence-electron chi connectivity index (χ2n) is 5.54. The molecular formula is C12H21N5O. The first-order valence-corrected chi connectivity index (χ1v) is 6.89. The molecule has 0 aromatic carbocycles. The summed E-state index contributed by atoms with van der Waals surface area (Å²) >= 11 is 0. The fourth-order valence-corrected chi connectivity index (χ4v) is 3.52. The zero-order valence-corrected chi connectivity index (χ0v) is 10.9. The smallest absolute Gasteiger partial charge is 0.188 e. The third-order valence-corrected chi connectivity index (χ3v) is 4.33. The van der Waals surface area contributed by atoms with Gasteiger partial charge in [-0.15, -0.1) is 10.2 Å². The predicted molar refractivity (Wildman–Crippen MR) is 65.6 cm³/mol. The molecule has 1 N–H and O–H groups in total. The molecular weight excluding hydrogens is 230 g/mol. The van der Waals surface area contributed by atoms with Gasteiger partial charge in [-0.2, -0.15) is 4.80 Å². The molecule has 1 aromatic heterocycles. The van der Waals surface area contributed by atoms with E-state index in [1.165, 1.54) is 24.1 Å². The van der Waals surface area contributed by atoms with Crippen LogP contribution in [0.25, 0.3) is 0 Å². The summed E-state index contributed by atoms with van der Waals surface area (Å²) < 4.78 is 0. The van der Waals surface area contributed by atoms with Gasteiger partial charge in [-0.05, 0) is 37.4 Å². The Morgan fingerprint density at radius 1 is 1.28 bits per heavy atom. The summed E-state index contributed by atoms with van der Waals surface area (Å²) in [5, 5.41) is 22.2. The summed E-state index contributed by atoms with van der Waals surface area (Å²) in [6.07, 6.45) is 5.61. The second-order valence-corrected chi connectivity index (χ2v) is 5.54. The van der Waals surface area contributed by atoms with Crippen LogP contribution in [0.2, 0.25) is 0 Å². The highest BCUT2D eigenvalue weighted by Gasteiger charge is 2.38. The molecule has 18 heavy (non-hydrogen) atoms. The lowest BCUT2D eigenvalue weighted by atomic mass is 9.94. The molecule has 0 amide bonds. The zero-order chi connectivity index (χ0) is 12.5. The number of nitrogens with zero attached hydrogens (tertiary/aromatic N) is 5. The Bertz CT molecular complexity index is 407. The summed E-state index contributed by atoms with van der Waals surface area (Å²) in [5.74, 6) is 1.24. The van der Waals surface area contributed by atoms with E-state index in [0.717, 1.165) is 31.8 Å². The molecule has 1 aromatic rings. The third kappa shape index (κ3) is 2.27. The monoisotopic (exact) mass is 251 g/mol. The van der Waals surface area contributed by atoms with E-state index in [1.54, 1.807) is 7.05 Å². The molecule has 3 atom stereocenters. The molecule has 6 nitrogen and oxygen atoms in total. The van der Waals surface area contributed by atoms with Crippen molar-refractivity contribution >= 4 is 0 Å². The summed E-state index contributed by atoms with van der Waals surface area (Å²) in [4.78, 5) is 3.93. The number of rotatable bonds is 3. The van der Waals surface area contributed by atoms with Gasteiger partial charge < -0.3 is 5.11 Å². The molecule has 1 saturated heterocycles. The quantitative estimate of drug-likeness (QED) is 0.839. The highest BCUT2D eigenvalue weighted by atomic mass is 16.3. The predicted octanol–water partition coefficient (Wildman–Crippen LogP) is 0.335. The van der Waals surface area contributed by atoms with Gasteiger partial charge in [-0.1, -0.05) is 6.42 Å². The van der Waals surface area contributed by atoms with Gasteiger partial charge in [0.25, 0.3) is 0 Å². The minimum absolute atomic E-state index is 0.106. The van der Waals surface area contributed by atoms with Crippen LogP contribution < -0.4 is 0 Å². The molecule has 6 heteroatoms. The number of hydrogen-bond donors (Lipinski definition) is 1. The van der Waals surface area contributed by atoms with Gasteiger partial charge >= 0.3 is 0 Å². The maximum absolute atomic E-state index is 10.1. The van der Waals surface area contributed by atoms with E-state index in [1.807, 2.05) is 0 Å². The molecule has 0 bridgehead atoms. The maximum Gasteiger partial charge on any atom is 0.188 e. The summed E-state index contributed by atoms with van der Waals surface area (Å²) in [6, 6.07) is 0.506. The van der Waals surface area contributed by atoms with E-state index >= 15 is 0 Å². The normalized spacial score (nSPS) is 33.3. The Labute approximate surface area is 107 Å². The number of aryl methyl sites for hydroxylation is 1. The van der Waals surface area contributed by atoms with Crippen molar-refractivity contribution in [2.24, 2.45) is 13.0 Å². The number of aliphatic hydroxyl groups excluding tert-OH is 1. The van der Waals surface area contributed by atoms with Crippen molar-refractivity contribution in [3.05, 3.63) is 5.82 Å². The standard InChI is InChI=1S/C12H21N5O/c1-16-14-12(13-15-16)8-17-7-3-5-10(17)9-4-2-6-11(9)18/h9-11,18H,2-8H2,1H3. The van der Waals surface area contributed by atoms with Crippen LogP contribution in [0.15, 0.2) is 0 Å². The van der Waals surface area contributed by atoms with E-state index in [9.17, 15) is 5.11 Å². The molecule has 1 aliphatic carbocycles. The lowest BCUT2D eigenvalue weighted by molar-refractivity contribution is 0.0708. The van der Waals surface area contributed by atoms with E-state index in [0.29, 0.717) is 12.0 Å². The zero-order valence-electron chi connectivity index (χ0n) is 10.9. The molecule has 2 aliphatic rings. The van der Waals surface area contributed by atoms with Gasteiger partial charge in [0.05, 0.1) is 19.7 Å². The molecule has 2 heterocycles. The molecule has 100 valence electrons. The van der Waals surface area contributed by atoms with Gasteiger partial charge in [0, 0.05) is 12.0 Å². The number of hydrogen-bond acceptors (Lipinski definition) is 5. The number of tetrazole rings is 1. The topological polar surface area (TPSA) is 67.1 Å². The SMILES string of the molecule is Cn1nnc(CN2CCCC2C2CCCC2O)n1. The summed E-state index contributed by atoms with van der Waals surface area (Å²) in [5.41, 5.74) is 0. The molecule has 3 rings (SSSR count). The average molecular weight is 251 g/mol. The van der Waals surface area contributed by atoms with Gasteiger partial charge in [0.15, 0.2) is 5.82 Å². The van der Waals surface area contributed by atoms with Gasteiger partial charge in [0.1, 0.15) is 0 Å². The lowest BCUT2D eigenvalue weighted by Gasteiger charge is -2.30.